The molecule has 1 rings (SSSR count). The second kappa shape index (κ2) is 8.92. The smallest absolute Gasteiger partial charge is 0.0468 e. The highest BCUT2D eigenvalue weighted by Gasteiger charge is 2.18. The van der Waals surface area contributed by atoms with Gasteiger partial charge in [0, 0.05) is 19.3 Å². The van der Waals surface area contributed by atoms with Crippen LogP contribution < -0.4 is 5.32 Å². The third-order valence-corrected chi connectivity index (χ3v) is 4.78. The predicted molar refractivity (Wildman–Crippen MR) is 78.9 cm³/mol. The van der Waals surface area contributed by atoms with E-state index in [1.807, 2.05) is 0 Å². The minimum absolute atomic E-state index is 0.694. The summed E-state index contributed by atoms with van der Waals surface area (Å²) in [4.78, 5) is 0. The van der Waals surface area contributed by atoms with E-state index in [1.165, 1.54) is 38.5 Å². The van der Waals surface area contributed by atoms with Crippen LogP contribution in [0, 0.1) is 17.8 Å². The first kappa shape index (κ1) is 16.0. The maximum atomic E-state index is 5.41. The molecule has 0 aliphatic carbocycles. The van der Waals surface area contributed by atoms with Gasteiger partial charge in [-0.2, -0.15) is 0 Å². The minimum atomic E-state index is 0.694. The van der Waals surface area contributed by atoms with Gasteiger partial charge in [0.05, 0.1) is 0 Å². The molecule has 2 nitrogen and oxygen atoms in total. The fraction of sp³-hybridized carbons (Fsp3) is 1.00. The van der Waals surface area contributed by atoms with Crippen LogP contribution in [-0.4, -0.2) is 26.3 Å². The van der Waals surface area contributed by atoms with E-state index in [-0.39, 0.29) is 0 Å². The number of nitrogens with one attached hydrogen (secondary N) is 1. The molecule has 1 fully saturated rings. The van der Waals surface area contributed by atoms with Gasteiger partial charge in [0.15, 0.2) is 0 Å². The van der Waals surface area contributed by atoms with Gasteiger partial charge < -0.3 is 10.1 Å². The molecule has 1 N–H and O–H groups in total. The fourth-order valence-corrected chi connectivity index (χ4v) is 2.97. The van der Waals surface area contributed by atoms with Gasteiger partial charge in [0.1, 0.15) is 0 Å². The van der Waals surface area contributed by atoms with E-state index < -0.39 is 0 Å². The van der Waals surface area contributed by atoms with Crippen LogP contribution in [0.5, 0.6) is 0 Å². The predicted octanol–water partition coefficient (Wildman–Crippen LogP) is 3.85. The molecular formula is C16H33NO. The van der Waals surface area contributed by atoms with Crippen LogP contribution in [0.25, 0.3) is 0 Å². The Kier molecular flexibility index (Phi) is 7.92. The lowest BCUT2D eigenvalue weighted by Gasteiger charge is -2.27. The van der Waals surface area contributed by atoms with E-state index >= 15 is 0 Å². The molecule has 0 radical (unpaired) electrons. The Balaban J connectivity index is 2.11. The summed E-state index contributed by atoms with van der Waals surface area (Å²) in [7, 11) is 2.11. The molecule has 1 aliphatic heterocycles. The van der Waals surface area contributed by atoms with Gasteiger partial charge in [-0.05, 0) is 44.1 Å². The topological polar surface area (TPSA) is 21.3 Å². The lowest BCUT2D eigenvalue weighted by atomic mass is 9.86. The summed E-state index contributed by atoms with van der Waals surface area (Å²) in [6, 6.07) is 0.694. The Morgan fingerprint density at radius 1 is 1.11 bits per heavy atom. The number of hydrogen-bond donors (Lipinski definition) is 1. The van der Waals surface area contributed by atoms with Gasteiger partial charge >= 0.3 is 0 Å². The van der Waals surface area contributed by atoms with Crippen molar-refractivity contribution in [3.05, 3.63) is 0 Å². The van der Waals surface area contributed by atoms with Crippen LogP contribution in [-0.2, 0) is 4.74 Å². The summed E-state index contributed by atoms with van der Waals surface area (Å²) in [5.41, 5.74) is 0. The van der Waals surface area contributed by atoms with E-state index in [1.54, 1.807) is 0 Å². The Morgan fingerprint density at radius 3 is 2.33 bits per heavy atom. The molecule has 2 unspecified atom stereocenters. The van der Waals surface area contributed by atoms with Gasteiger partial charge in [-0.3, -0.25) is 0 Å². The number of rotatable bonds is 8. The molecule has 2 atom stereocenters. The van der Waals surface area contributed by atoms with Crippen molar-refractivity contribution in [2.24, 2.45) is 17.8 Å². The average molecular weight is 255 g/mol. The number of hydrogen-bond acceptors (Lipinski definition) is 2. The third-order valence-electron chi connectivity index (χ3n) is 4.78. The van der Waals surface area contributed by atoms with E-state index in [9.17, 15) is 0 Å². The normalized spacial score (nSPS) is 21.2. The molecule has 1 aliphatic rings. The average Bonchev–Trinajstić information content (AvgIpc) is 2.39. The quantitative estimate of drug-likeness (QED) is 0.665. The maximum Gasteiger partial charge on any atom is 0.0468 e. The zero-order valence-electron chi connectivity index (χ0n) is 12.9. The zero-order valence-corrected chi connectivity index (χ0v) is 12.9. The van der Waals surface area contributed by atoms with Crippen molar-refractivity contribution in [2.75, 3.05) is 20.3 Å². The second-order valence-electron chi connectivity index (χ2n) is 6.34. The molecule has 0 bridgehead atoms. The second-order valence-corrected chi connectivity index (χ2v) is 6.34. The lowest BCUT2D eigenvalue weighted by molar-refractivity contribution is 0.0630. The maximum absolute atomic E-state index is 5.41. The van der Waals surface area contributed by atoms with Crippen molar-refractivity contribution in [1.29, 1.82) is 0 Å². The highest BCUT2D eigenvalue weighted by atomic mass is 16.5. The largest absolute Gasteiger partial charge is 0.381 e. The van der Waals surface area contributed by atoms with Crippen molar-refractivity contribution >= 4 is 0 Å². The summed E-state index contributed by atoms with van der Waals surface area (Å²) in [6.45, 7) is 9.03. The monoisotopic (exact) mass is 255 g/mol. The van der Waals surface area contributed by atoms with Crippen molar-refractivity contribution in [1.82, 2.24) is 5.32 Å². The van der Waals surface area contributed by atoms with Crippen molar-refractivity contribution in [2.45, 2.75) is 65.3 Å². The summed E-state index contributed by atoms with van der Waals surface area (Å²) < 4.78 is 5.41. The standard InChI is InChI=1S/C16H33NO/c1-13(2)14(3)16(17-4)8-6-5-7-15-9-11-18-12-10-15/h13-17H,5-12H2,1-4H3. The summed E-state index contributed by atoms with van der Waals surface area (Å²) in [5, 5.41) is 3.50. The fourth-order valence-electron chi connectivity index (χ4n) is 2.97. The Bertz CT molecular complexity index is 199. The molecule has 0 aromatic carbocycles. The zero-order chi connectivity index (χ0) is 13.4. The molecule has 0 aromatic heterocycles. The van der Waals surface area contributed by atoms with Crippen LogP contribution in [0.1, 0.15) is 59.3 Å². The SMILES string of the molecule is CNC(CCCCC1CCOCC1)C(C)C(C)C. The summed E-state index contributed by atoms with van der Waals surface area (Å²) in [6.07, 6.45) is 8.10. The van der Waals surface area contributed by atoms with Crippen molar-refractivity contribution in [3.8, 4) is 0 Å². The van der Waals surface area contributed by atoms with Crippen LogP contribution in [0.3, 0.4) is 0 Å². The third kappa shape index (κ3) is 5.71. The highest BCUT2D eigenvalue weighted by molar-refractivity contribution is 4.74. The molecule has 18 heavy (non-hydrogen) atoms. The Hall–Kier alpha value is -0.0800. The first-order valence-corrected chi connectivity index (χ1v) is 7.90. The van der Waals surface area contributed by atoms with Crippen LogP contribution in [0.4, 0.5) is 0 Å². The van der Waals surface area contributed by atoms with Crippen LogP contribution in [0.2, 0.25) is 0 Å². The van der Waals surface area contributed by atoms with E-state index in [0.29, 0.717) is 6.04 Å². The molecule has 2 heteroatoms. The van der Waals surface area contributed by atoms with E-state index in [2.05, 4.69) is 33.1 Å². The van der Waals surface area contributed by atoms with Gasteiger partial charge in [-0.25, -0.2) is 0 Å². The van der Waals surface area contributed by atoms with Gasteiger partial charge in [-0.15, -0.1) is 0 Å². The van der Waals surface area contributed by atoms with Gasteiger partial charge in [0.2, 0.25) is 0 Å². The summed E-state index contributed by atoms with van der Waals surface area (Å²) in [5.74, 6) is 2.49. The van der Waals surface area contributed by atoms with Gasteiger partial charge in [0.25, 0.3) is 0 Å². The van der Waals surface area contributed by atoms with E-state index in [0.717, 1.165) is 31.0 Å². The number of ether oxygens (including phenoxy) is 1. The molecule has 0 aromatic rings. The first-order valence-electron chi connectivity index (χ1n) is 7.90. The van der Waals surface area contributed by atoms with Crippen LogP contribution in [0.15, 0.2) is 0 Å². The van der Waals surface area contributed by atoms with Gasteiger partial charge in [-0.1, -0.05) is 40.0 Å². The molecule has 1 saturated heterocycles. The molecule has 108 valence electrons. The molecular weight excluding hydrogens is 222 g/mol. The van der Waals surface area contributed by atoms with E-state index in [4.69, 9.17) is 4.74 Å². The van der Waals surface area contributed by atoms with Crippen LogP contribution >= 0.6 is 0 Å². The molecule has 0 saturated carbocycles. The molecule has 0 spiro atoms. The number of unbranched alkanes of at least 4 members (excludes halogenated alkanes) is 1. The van der Waals surface area contributed by atoms with Crippen molar-refractivity contribution < 1.29 is 4.74 Å². The first-order chi connectivity index (χ1) is 8.65. The Morgan fingerprint density at radius 2 is 1.78 bits per heavy atom. The molecule has 0 amide bonds. The lowest BCUT2D eigenvalue weighted by Crippen LogP contribution is -2.34. The van der Waals surface area contributed by atoms with Crippen molar-refractivity contribution in [3.63, 3.8) is 0 Å². The molecule has 1 heterocycles. The Labute approximate surface area is 114 Å². The highest BCUT2D eigenvalue weighted by Crippen LogP contribution is 2.23. The minimum Gasteiger partial charge on any atom is -0.381 e. The summed E-state index contributed by atoms with van der Waals surface area (Å²) >= 11 is 0.